The van der Waals surface area contributed by atoms with Crippen LogP contribution in [0.3, 0.4) is 0 Å². The molecule has 0 spiro atoms. The molecule has 0 radical (unpaired) electrons. The zero-order chi connectivity index (χ0) is 13.4. The van der Waals surface area contributed by atoms with Gasteiger partial charge in [0.05, 0.1) is 15.9 Å². The summed E-state index contributed by atoms with van der Waals surface area (Å²) in [5.74, 6) is 0.880. The Hall–Kier alpha value is -2.14. The van der Waals surface area contributed by atoms with Crippen molar-refractivity contribution in [1.29, 1.82) is 0 Å². The van der Waals surface area contributed by atoms with Crippen molar-refractivity contribution in [1.82, 2.24) is 9.97 Å². The number of imidazole rings is 1. The van der Waals surface area contributed by atoms with Crippen LogP contribution >= 0.6 is 11.3 Å². The van der Waals surface area contributed by atoms with Gasteiger partial charge in [-0.05, 0) is 36.6 Å². The molecule has 19 heavy (non-hydrogen) atoms. The molecule has 3 rings (SSSR count). The van der Waals surface area contributed by atoms with Crippen LogP contribution in [0.4, 0.5) is 5.69 Å². The number of hydrogen-bond acceptors (Lipinski definition) is 3. The van der Waals surface area contributed by atoms with Gasteiger partial charge < -0.3 is 9.88 Å². The van der Waals surface area contributed by atoms with E-state index in [-0.39, 0.29) is 5.91 Å². The Morgan fingerprint density at radius 1 is 1.37 bits per heavy atom. The number of nitrogens with one attached hydrogen (secondary N) is 1. The lowest BCUT2D eigenvalue weighted by Crippen LogP contribution is -2.25. The molecule has 0 saturated heterocycles. The number of nitrogens with zero attached hydrogens (tertiary/aromatic N) is 2. The number of carbonyl (C=O) groups excluding carboxylic acids is 1. The van der Waals surface area contributed by atoms with Crippen LogP contribution in [-0.4, -0.2) is 22.9 Å². The summed E-state index contributed by atoms with van der Waals surface area (Å²) >= 11 is 1.45. The van der Waals surface area contributed by atoms with Crippen molar-refractivity contribution in [3.05, 3.63) is 46.4 Å². The predicted octanol–water partition coefficient (Wildman–Crippen LogP) is 3.21. The van der Waals surface area contributed by atoms with Crippen molar-refractivity contribution < 1.29 is 4.79 Å². The van der Waals surface area contributed by atoms with Gasteiger partial charge in [0, 0.05) is 12.7 Å². The molecule has 3 aromatic rings. The van der Waals surface area contributed by atoms with Crippen LogP contribution in [0, 0.1) is 6.92 Å². The SMILES string of the molecule is Cc1nc2ccc(N(C)C(=O)c3cccs3)cc2[nH]1. The largest absolute Gasteiger partial charge is 0.342 e. The minimum atomic E-state index is 0.00517. The van der Waals surface area contributed by atoms with Gasteiger partial charge in [-0.25, -0.2) is 4.98 Å². The molecule has 0 bridgehead atoms. The maximum atomic E-state index is 12.3. The van der Waals surface area contributed by atoms with Gasteiger partial charge in [-0.1, -0.05) is 6.07 Å². The zero-order valence-corrected chi connectivity index (χ0v) is 11.5. The molecule has 5 heteroatoms. The molecule has 1 N–H and O–H groups in total. The highest BCUT2D eigenvalue weighted by Crippen LogP contribution is 2.22. The first kappa shape index (κ1) is 11.9. The van der Waals surface area contributed by atoms with E-state index in [0.29, 0.717) is 0 Å². The van der Waals surface area contributed by atoms with E-state index in [0.717, 1.165) is 27.4 Å². The summed E-state index contributed by atoms with van der Waals surface area (Å²) in [5, 5.41) is 1.91. The summed E-state index contributed by atoms with van der Waals surface area (Å²) in [6, 6.07) is 9.50. The third-order valence-corrected chi connectivity index (χ3v) is 3.87. The number of thiophene rings is 1. The number of amides is 1. The highest BCUT2D eigenvalue weighted by atomic mass is 32.1. The monoisotopic (exact) mass is 271 g/mol. The van der Waals surface area contributed by atoms with Crippen LogP contribution in [-0.2, 0) is 0 Å². The molecule has 0 aliphatic carbocycles. The molecule has 0 saturated carbocycles. The van der Waals surface area contributed by atoms with E-state index in [1.165, 1.54) is 11.3 Å². The van der Waals surface area contributed by atoms with Crippen LogP contribution in [0.2, 0.25) is 0 Å². The third-order valence-electron chi connectivity index (χ3n) is 3.01. The fourth-order valence-corrected chi connectivity index (χ4v) is 2.72. The van der Waals surface area contributed by atoms with E-state index < -0.39 is 0 Å². The van der Waals surface area contributed by atoms with Crippen molar-refractivity contribution in [3.63, 3.8) is 0 Å². The van der Waals surface area contributed by atoms with Gasteiger partial charge >= 0.3 is 0 Å². The first-order valence-corrected chi connectivity index (χ1v) is 6.81. The number of aryl methyl sites for hydroxylation is 1. The number of H-pyrrole nitrogens is 1. The lowest BCUT2D eigenvalue weighted by Gasteiger charge is -2.16. The summed E-state index contributed by atoms with van der Waals surface area (Å²) in [4.78, 5) is 22.2. The molecule has 96 valence electrons. The number of aromatic amines is 1. The standard InChI is InChI=1S/C14H13N3OS/c1-9-15-11-6-5-10(8-12(11)16-9)17(2)14(18)13-4-3-7-19-13/h3-8H,1-2H3,(H,15,16). The number of fused-ring (bicyclic) bond motifs is 1. The number of aromatic nitrogens is 2. The second kappa shape index (κ2) is 4.51. The van der Waals surface area contributed by atoms with E-state index in [1.54, 1.807) is 11.9 Å². The van der Waals surface area contributed by atoms with Crippen LogP contribution in [0.15, 0.2) is 35.7 Å². The Morgan fingerprint density at radius 2 is 2.21 bits per heavy atom. The van der Waals surface area contributed by atoms with Gasteiger partial charge in [-0.3, -0.25) is 4.79 Å². The molecule has 1 amide bonds. The number of rotatable bonds is 2. The van der Waals surface area contributed by atoms with Crippen molar-refractivity contribution in [2.45, 2.75) is 6.92 Å². The molecule has 0 aliphatic heterocycles. The van der Waals surface area contributed by atoms with Crippen molar-refractivity contribution in [2.75, 3.05) is 11.9 Å². The molecule has 0 atom stereocenters. The average molecular weight is 271 g/mol. The summed E-state index contributed by atoms with van der Waals surface area (Å²) < 4.78 is 0. The molecule has 0 fully saturated rings. The maximum absolute atomic E-state index is 12.3. The van der Waals surface area contributed by atoms with E-state index >= 15 is 0 Å². The first-order valence-electron chi connectivity index (χ1n) is 5.93. The fraction of sp³-hybridized carbons (Fsp3) is 0.143. The molecular formula is C14H13N3OS. The summed E-state index contributed by atoms with van der Waals surface area (Å²) in [5.41, 5.74) is 2.72. The van der Waals surface area contributed by atoms with E-state index in [4.69, 9.17) is 0 Å². The lowest BCUT2D eigenvalue weighted by molar-refractivity contribution is 0.0997. The smallest absolute Gasteiger partial charge is 0.268 e. The summed E-state index contributed by atoms with van der Waals surface area (Å²) in [6.45, 7) is 1.92. The Morgan fingerprint density at radius 3 is 2.95 bits per heavy atom. The topological polar surface area (TPSA) is 49.0 Å². The van der Waals surface area contributed by atoms with Crippen LogP contribution < -0.4 is 4.90 Å². The van der Waals surface area contributed by atoms with Gasteiger partial charge in [0.25, 0.3) is 5.91 Å². The van der Waals surface area contributed by atoms with Gasteiger partial charge in [-0.15, -0.1) is 11.3 Å². The quantitative estimate of drug-likeness (QED) is 0.778. The highest BCUT2D eigenvalue weighted by molar-refractivity contribution is 7.12. The number of anilines is 1. The van der Waals surface area contributed by atoms with Crippen LogP contribution in [0.5, 0.6) is 0 Å². The Labute approximate surface area is 114 Å². The van der Waals surface area contributed by atoms with E-state index in [2.05, 4.69) is 9.97 Å². The van der Waals surface area contributed by atoms with E-state index in [9.17, 15) is 4.79 Å². The highest BCUT2D eigenvalue weighted by Gasteiger charge is 2.15. The minimum absolute atomic E-state index is 0.00517. The normalized spacial score (nSPS) is 10.8. The molecule has 0 unspecified atom stereocenters. The van der Waals surface area contributed by atoms with Crippen LogP contribution in [0.25, 0.3) is 11.0 Å². The first-order chi connectivity index (χ1) is 9.15. The summed E-state index contributed by atoms with van der Waals surface area (Å²) in [7, 11) is 1.78. The molecule has 4 nitrogen and oxygen atoms in total. The Bertz CT molecular complexity index is 730. The second-order valence-corrected chi connectivity index (χ2v) is 5.31. The Balaban J connectivity index is 1.97. The molecular weight excluding hydrogens is 258 g/mol. The molecule has 1 aromatic carbocycles. The molecule has 0 aliphatic rings. The van der Waals surface area contributed by atoms with Crippen LogP contribution in [0.1, 0.15) is 15.5 Å². The van der Waals surface area contributed by atoms with Gasteiger partial charge in [0.2, 0.25) is 0 Å². The van der Waals surface area contributed by atoms with Crippen molar-refractivity contribution >= 4 is 34.0 Å². The van der Waals surface area contributed by atoms with Crippen molar-refractivity contribution in [2.24, 2.45) is 0 Å². The zero-order valence-electron chi connectivity index (χ0n) is 10.7. The van der Waals surface area contributed by atoms with E-state index in [1.807, 2.05) is 42.6 Å². The minimum Gasteiger partial charge on any atom is -0.342 e. The molecule has 2 aromatic heterocycles. The maximum Gasteiger partial charge on any atom is 0.268 e. The predicted molar refractivity (Wildman–Crippen MR) is 77.9 cm³/mol. The number of benzene rings is 1. The average Bonchev–Trinajstić information content (AvgIpc) is 3.03. The van der Waals surface area contributed by atoms with Gasteiger partial charge in [-0.2, -0.15) is 0 Å². The molecule has 2 heterocycles. The fourth-order valence-electron chi connectivity index (χ4n) is 2.02. The lowest BCUT2D eigenvalue weighted by atomic mass is 10.2. The number of carbonyl (C=O) groups is 1. The van der Waals surface area contributed by atoms with Gasteiger partial charge in [0.15, 0.2) is 0 Å². The Kier molecular flexibility index (Phi) is 2.83. The second-order valence-electron chi connectivity index (χ2n) is 4.37. The summed E-state index contributed by atoms with van der Waals surface area (Å²) in [6.07, 6.45) is 0. The third kappa shape index (κ3) is 2.13. The number of hydrogen-bond donors (Lipinski definition) is 1. The van der Waals surface area contributed by atoms with Gasteiger partial charge in [0.1, 0.15) is 5.82 Å². The van der Waals surface area contributed by atoms with Crippen molar-refractivity contribution in [3.8, 4) is 0 Å².